The molecule has 0 amide bonds. The van der Waals surface area contributed by atoms with E-state index in [2.05, 4.69) is 6.58 Å². The zero-order chi connectivity index (χ0) is 11.7. The molecule has 2 N–H and O–H groups in total. The van der Waals surface area contributed by atoms with Crippen molar-refractivity contribution in [2.75, 3.05) is 25.4 Å². The highest BCUT2D eigenvalue weighted by atomic mass is 32.2. The molecule has 0 saturated heterocycles. The number of hydrogen-bond donors (Lipinski definition) is 1. The van der Waals surface area contributed by atoms with Crippen LogP contribution in [-0.4, -0.2) is 38.1 Å². The Bertz CT molecular complexity index is 263. The maximum atomic E-state index is 11.8. The van der Waals surface area contributed by atoms with E-state index >= 15 is 0 Å². The molecule has 0 aliphatic carbocycles. The van der Waals surface area contributed by atoms with Crippen LogP contribution in [0.2, 0.25) is 0 Å². The van der Waals surface area contributed by atoms with Crippen LogP contribution < -0.4 is 5.73 Å². The molecule has 0 radical (unpaired) electrons. The lowest BCUT2D eigenvalue weighted by molar-refractivity contribution is 0.440. The largest absolute Gasteiger partial charge is 0.330 e. The predicted molar refractivity (Wildman–Crippen MR) is 64.1 cm³/mol. The number of nitrogens with two attached hydrogens (primary N) is 1. The van der Waals surface area contributed by atoms with E-state index in [1.807, 2.05) is 6.92 Å². The van der Waals surface area contributed by atoms with Gasteiger partial charge in [-0.1, -0.05) is 13.0 Å². The van der Waals surface area contributed by atoms with Crippen molar-refractivity contribution in [3.05, 3.63) is 12.7 Å². The minimum atomic E-state index is -3.11. The average molecular weight is 234 g/mol. The Labute approximate surface area is 93.2 Å². The van der Waals surface area contributed by atoms with E-state index in [0.717, 1.165) is 12.8 Å². The van der Waals surface area contributed by atoms with Gasteiger partial charge < -0.3 is 5.73 Å². The van der Waals surface area contributed by atoms with Crippen LogP contribution in [0.1, 0.15) is 26.2 Å². The predicted octanol–water partition coefficient (Wildman–Crippen LogP) is 0.953. The summed E-state index contributed by atoms with van der Waals surface area (Å²) in [4.78, 5) is 0. The van der Waals surface area contributed by atoms with E-state index in [-0.39, 0.29) is 5.75 Å². The van der Waals surface area contributed by atoms with Gasteiger partial charge in [-0.15, -0.1) is 6.58 Å². The molecular weight excluding hydrogens is 212 g/mol. The van der Waals surface area contributed by atoms with E-state index < -0.39 is 10.0 Å². The molecule has 0 heterocycles. The summed E-state index contributed by atoms with van der Waals surface area (Å²) < 4.78 is 25.1. The maximum Gasteiger partial charge on any atom is 0.214 e. The second-order valence-corrected chi connectivity index (χ2v) is 5.55. The van der Waals surface area contributed by atoms with Crippen LogP contribution in [-0.2, 0) is 10.0 Å². The van der Waals surface area contributed by atoms with Gasteiger partial charge in [0.15, 0.2) is 0 Å². The van der Waals surface area contributed by atoms with E-state index in [0.29, 0.717) is 26.1 Å². The molecule has 15 heavy (non-hydrogen) atoms. The van der Waals surface area contributed by atoms with Crippen molar-refractivity contribution in [2.45, 2.75) is 26.2 Å². The van der Waals surface area contributed by atoms with Crippen LogP contribution in [0.5, 0.6) is 0 Å². The number of hydrogen-bond acceptors (Lipinski definition) is 3. The first-order valence-electron chi connectivity index (χ1n) is 5.37. The van der Waals surface area contributed by atoms with Gasteiger partial charge in [0.2, 0.25) is 10.0 Å². The van der Waals surface area contributed by atoms with E-state index in [9.17, 15) is 8.42 Å². The van der Waals surface area contributed by atoms with Crippen molar-refractivity contribution in [1.29, 1.82) is 0 Å². The van der Waals surface area contributed by atoms with Crippen molar-refractivity contribution < 1.29 is 8.42 Å². The normalized spacial score (nSPS) is 11.9. The molecule has 0 aliphatic rings. The van der Waals surface area contributed by atoms with Gasteiger partial charge in [0, 0.05) is 13.1 Å². The fourth-order valence-electron chi connectivity index (χ4n) is 1.30. The third-order valence-corrected chi connectivity index (χ3v) is 3.98. The first-order chi connectivity index (χ1) is 7.08. The molecule has 0 aromatic carbocycles. The number of nitrogens with zero attached hydrogens (tertiary/aromatic N) is 1. The molecule has 4 nitrogen and oxygen atoms in total. The van der Waals surface area contributed by atoms with Crippen LogP contribution in [0.15, 0.2) is 12.7 Å². The molecule has 0 fully saturated rings. The number of rotatable bonds is 9. The summed E-state index contributed by atoms with van der Waals surface area (Å²) in [6, 6.07) is 0. The standard InChI is InChI=1S/C10H22N2O2S/c1-3-8-12(9-4-2)15(13,14)10-6-5-7-11/h3H,1,4-11H2,2H3. The molecule has 0 spiro atoms. The summed E-state index contributed by atoms with van der Waals surface area (Å²) in [5.41, 5.74) is 5.33. The Hall–Kier alpha value is -0.390. The molecule has 0 aliphatic heterocycles. The second-order valence-electron chi connectivity index (χ2n) is 3.46. The van der Waals surface area contributed by atoms with Gasteiger partial charge in [-0.05, 0) is 25.8 Å². The van der Waals surface area contributed by atoms with E-state index in [4.69, 9.17) is 5.73 Å². The number of unbranched alkanes of at least 4 members (excludes halogenated alkanes) is 1. The molecule has 0 rings (SSSR count). The lowest BCUT2D eigenvalue weighted by atomic mass is 10.3. The summed E-state index contributed by atoms with van der Waals surface area (Å²) in [5.74, 6) is 0.192. The Morgan fingerprint density at radius 2 is 2.07 bits per heavy atom. The van der Waals surface area contributed by atoms with Gasteiger partial charge >= 0.3 is 0 Å². The van der Waals surface area contributed by atoms with Crippen LogP contribution >= 0.6 is 0 Å². The maximum absolute atomic E-state index is 11.8. The molecule has 0 unspecified atom stereocenters. The highest BCUT2D eigenvalue weighted by Gasteiger charge is 2.18. The van der Waals surface area contributed by atoms with E-state index in [1.54, 1.807) is 6.08 Å². The van der Waals surface area contributed by atoms with Crippen LogP contribution in [0.4, 0.5) is 0 Å². The fourth-order valence-corrected chi connectivity index (χ4v) is 2.92. The van der Waals surface area contributed by atoms with Gasteiger partial charge in [0.05, 0.1) is 5.75 Å². The smallest absolute Gasteiger partial charge is 0.214 e. The number of sulfonamides is 1. The quantitative estimate of drug-likeness (QED) is 0.477. The molecule has 90 valence electrons. The van der Waals surface area contributed by atoms with Crippen LogP contribution in [0.3, 0.4) is 0 Å². The summed E-state index contributed by atoms with van der Waals surface area (Å²) >= 11 is 0. The molecule has 0 atom stereocenters. The minimum absolute atomic E-state index is 0.192. The average Bonchev–Trinajstić information content (AvgIpc) is 2.18. The van der Waals surface area contributed by atoms with E-state index in [1.165, 1.54) is 4.31 Å². The summed E-state index contributed by atoms with van der Waals surface area (Å²) in [6.07, 6.45) is 3.84. The van der Waals surface area contributed by atoms with Crippen molar-refractivity contribution in [2.24, 2.45) is 5.73 Å². The first kappa shape index (κ1) is 14.6. The highest BCUT2D eigenvalue weighted by molar-refractivity contribution is 7.89. The van der Waals surface area contributed by atoms with Gasteiger partial charge in [-0.25, -0.2) is 8.42 Å². The molecular formula is C10H22N2O2S. The second kappa shape index (κ2) is 7.84. The molecule has 0 aromatic heterocycles. The van der Waals surface area contributed by atoms with Crippen molar-refractivity contribution in [3.63, 3.8) is 0 Å². The zero-order valence-electron chi connectivity index (χ0n) is 9.48. The van der Waals surface area contributed by atoms with Crippen molar-refractivity contribution in [1.82, 2.24) is 4.31 Å². The van der Waals surface area contributed by atoms with Gasteiger partial charge in [-0.2, -0.15) is 4.31 Å². The van der Waals surface area contributed by atoms with Gasteiger partial charge in [-0.3, -0.25) is 0 Å². The Morgan fingerprint density at radius 3 is 2.53 bits per heavy atom. The summed E-state index contributed by atoms with van der Waals surface area (Å²) in [5, 5.41) is 0. The lowest BCUT2D eigenvalue weighted by Gasteiger charge is -2.19. The minimum Gasteiger partial charge on any atom is -0.330 e. The molecule has 0 aromatic rings. The van der Waals surface area contributed by atoms with Crippen LogP contribution in [0.25, 0.3) is 0 Å². The molecule has 5 heteroatoms. The lowest BCUT2D eigenvalue weighted by Crippen LogP contribution is -2.34. The third kappa shape index (κ3) is 5.92. The Kier molecular flexibility index (Phi) is 7.64. The van der Waals surface area contributed by atoms with Gasteiger partial charge in [0.25, 0.3) is 0 Å². The topological polar surface area (TPSA) is 63.4 Å². The van der Waals surface area contributed by atoms with Crippen LogP contribution in [0, 0.1) is 0 Å². The first-order valence-corrected chi connectivity index (χ1v) is 6.98. The van der Waals surface area contributed by atoms with Crippen molar-refractivity contribution in [3.8, 4) is 0 Å². The van der Waals surface area contributed by atoms with Gasteiger partial charge in [0.1, 0.15) is 0 Å². The highest BCUT2D eigenvalue weighted by Crippen LogP contribution is 2.05. The Morgan fingerprint density at radius 1 is 1.40 bits per heavy atom. The molecule has 0 saturated carbocycles. The molecule has 0 bridgehead atoms. The fraction of sp³-hybridized carbons (Fsp3) is 0.800. The monoisotopic (exact) mass is 234 g/mol. The summed E-state index contributed by atoms with van der Waals surface area (Å²) in [6.45, 7) is 7.04. The third-order valence-electron chi connectivity index (χ3n) is 2.06. The summed E-state index contributed by atoms with van der Waals surface area (Å²) in [7, 11) is -3.11. The zero-order valence-corrected chi connectivity index (χ0v) is 10.3. The van der Waals surface area contributed by atoms with Crippen molar-refractivity contribution >= 4 is 10.0 Å². The Balaban J connectivity index is 4.28. The SMILES string of the molecule is C=CCN(CCC)S(=O)(=O)CCCCN.